The molecule has 3 heterocycles. The average molecular weight is 659 g/mol. The van der Waals surface area contributed by atoms with E-state index in [0.29, 0.717) is 51.6 Å². The number of carbonyl (C=O) groups is 3. The number of piperazine rings is 1. The summed E-state index contributed by atoms with van der Waals surface area (Å²) in [5, 5.41) is 6.87. The van der Waals surface area contributed by atoms with Crippen molar-refractivity contribution in [1.82, 2.24) is 24.9 Å². The quantitative estimate of drug-likeness (QED) is 0.320. The molecule has 3 amide bonds. The predicted octanol–water partition coefficient (Wildman–Crippen LogP) is 5.58. The Labute approximate surface area is 284 Å². The van der Waals surface area contributed by atoms with Crippen LogP contribution >= 0.6 is 0 Å². The summed E-state index contributed by atoms with van der Waals surface area (Å²) in [6.45, 7) is 15.5. The third-order valence-electron chi connectivity index (χ3n) is 8.91. The lowest BCUT2D eigenvalue weighted by molar-refractivity contribution is -0.147. The van der Waals surface area contributed by atoms with E-state index in [1.54, 1.807) is 29.8 Å². The van der Waals surface area contributed by atoms with Crippen LogP contribution in [0.2, 0.25) is 0 Å². The minimum absolute atomic E-state index is 0.106. The first-order chi connectivity index (χ1) is 22.8. The molecule has 11 heteroatoms. The van der Waals surface area contributed by atoms with E-state index in [9.17, 15) is 14.4 Å². The van der Waals surface area contributed by atoms with E-state index in [1.807, 2.05) is 63.1 Å². The van der Waals surface area contributed by atoms with Crippen LogP contribution in [0, 0.1) is 5.92 Å². The number of aromatic amines is 1. The lowest BCUT2D eigenvalue weighted by Crippen LogP contribution is -2.57. The summed E-state index contributed by atoms with van der Waals surface area (Å²) in [6, 6.07) is 16.1. The van der Waals surface area contributed by atoms with E-state index in [0.717, 1.165) is 41.8 Å². The number of carbonyl (C=O) groups excluding carboxylic acids is 3. The molecule has 11 nitrogen and oxygen atoms in total. The van der Waals surface area contributed by atoms with Crippen molar-refractivity contribution in [3.63, 3.8) is 0 Å². The molecule has 2 fully saturated rings. The van der Waals surface area contributed by atoms with Crippen LogP contribution < -0.4 is 9.64 Å². The zero-order chi connectivity index (χ0) is 34.5. The fourth-order valence-electron chi connectivity index (χ4n) is 6.33. The maximum absolute atomic E-state index is 13.8. The molecule has 2 aliphatic rings. The van der Waals surface area contributed by atoms with Gasteiger partial charge < -0.3 is 29.1 Å². The second kappa shape index (κ2) is 14.7. The highest BCUT2D eigenvalue weighted by atomic mass is 16.6. The molecule has 3 aromatic rings. The first kappa shape index (κ1) is 34.8. The van der Waals surface area contributed by atoms with Crippen molar-refractivity contribution in [1.29, 1.82) is 0 Å². The summed E-state index contributed by atoms with van der Waals surface area (Å²) in [5.74, 6) is 0.537. The third-order valence-corrected chi connectivity index (χ3v) is 8.91. The zero-order valence-electron chi connectivity index (χ0n) is 29.2. The summed E-state index contributed by atoms with van der Waals surface area (Å²) >= 11 is 0. The van der Waals surface area contributed by atoms with Crippen molar-refractivity contribution in [2.45, 2.75) is 72.1 Å². The number of H-pyrrole nitrogens is 1. The van der Waals surface area contributed by atoms with Crippen LogP contribution in [-0.2, 0) is 20.9 Å². The van der Waals surface area contributed by atoms with Crippen molar-refractivity contribution < 1.29 is 23.9 Å². The molecule has 0 saturated carbocycles. The molecular weight excluding hydrogens is 608 g/mol. The highest BCUT2D eigenvalue weighted by Crippen LogP contribution is 2.30. The molecule has 0 spiro atoms. The molecule has 5 rings (SSSR count). The van der Waals surface area contributed by atoms with Gasteiger partial charge in [-0.15, -0.1) is 0 Å². The number of hydrogen-bond acceptors (Lipinski definition) is 7. The molecular formula is C37H50N6O5. The number of amides is 3. The van der Waals surface area contributed by atoms with Gasteiger partial charge in [0.15, 0.2) is 5.60 Å². The van der Waals surface area contributed by atoms with Crippen LogP contribution in [0.25, 0.3) is 11.1 Å². The first-order valence-corrected chi connectivity index (χ1v) is 17.0. The molecule has 2 saturated heterocycles. The molecule has 0 aliphatic carbocycles. The van der Waals surface area contributed by atoms with E-state index >= 15 is 0 Å². The number of nitrogens with zero attached hydrogens (tertiary/aromatic N) is 5. The normalized spacial score (nSPS) is 17.2. The Morgan fingerprint density at radius 2 is 1.65 bits per heavy atom. The average Bonchev–Trinajstić information content (AvgIpc) is 3.61. The third kappa shape index (κ3) is 8.67. The van der Waals surface area contributed by atoms with Crippen molar-refractivity contribution in [2.24, 2.45) is 5.92 Å². The number of anilines is 1. The Balaban J connectivity index is 1.16. The number of aromatic nitrogens is 2. The van der Waals surface area contributed by atoms with Gasteiger partial charge in [-0.1, -0.05) is 30.3 Å². The first-order valence-electron chi connectivity index (χ1n) is 17.0. The topological polar surface area (TPSA) is 111 Å². The molecule has 2 aliphatic heterocycles. The van der Waals surface area contributed by atoms with Gasteiger partial charge in [-0.25, -0.2) is 4.79 Å². The maximum Gasteiger partial charge on any atom is 0.410 e. The standard InChI is InChI=1S/C37H50N6O5/c1-7-40(25-27-13-15-28(16-14-27)30-23-38-39-24-30)33(44)29-10-9-17-43(26-29)31-11-8-12-32(22-31)47-37(5,6)34(45)41-18-20-42(21-19-41)35(46)48-36(2,3)4/h8,11-16,22-24,29H,7,9-10,17-21,25-26H2,1-6H3,(H,38,39)/t29-/m1/s1. The van der Waals surface area contributed by atoms with Gasteiger partial charge in [0.2, 0.25) is 5.91 Å². The number of nitrogens with one attached hydrogen (secondary N) is 1. The van der Waals surface area contributed by atoms with Crippen LogP contribution in [0.4, 0.5) is 10.5 Å². The Bertz CT molecular complexity index is 1540. The van der Waals surface area contributed by atoms with Gasteiger partial charge in [0.25, 0.3) is 5.91 Å². The molecule has 1 aromatic heterocycles. The summed E-state index contributed by atoms with van der Waals surface area (Å²) in [4.78, 5) is 47.3. The van der Waals surface area contributed by atoms with Crippen LogP contribution in [0.3, 0.4) is 0 Å². The van der Waals surface area contributed by atoms with E-state index in [1.165, 1.54) is 0 Å². The molecule has 1 atom stereocenters. The van der Waals surface area contributed by atoms with Crippen LogP contribution in [0.5, 0.6) is 5.75 Å². The van der Waals surface area contributed by atoms with E-state index in [-0.39, 0.29) is 23.8 Å². The van der Waals surface area contributed by atoms with Gasteiger partial charge in [-0.05, 0) is 77.6 Å². The van der Waals surface area contributed by atoms with Crippen LogP contribution in [-0.4, -0.2) is 99.8 Å². The molecule has 0 radical (unpaired) electrons. The van der Waals surface area contributed by atoms with Crippen LogP contribution in [0.15, 0.2) is 60.9 Å². The fraction of sp³-hybridized carbons (Fsp3) is 0.514. The molecule has 0 unspecified atom stereocenters. The second-order valence-corrected chi connectivity index (χ2v) is 14.2. The van der Waals surface area contributed by atoms with Gasteiger partial charge in [-0.2, -0.15) is 5.10 Å². The monoisotopic (exact) mass is 658 g/mol. The lowest BCUT2D eigenvalue weighted by Gasteiger charge is -2.39. The molecule has 0 bridgehead atoms. The number of rotatable bonds is 9. The molecule has 48 heavy (non-hydrogen) atoms. The second-order valence-electron chi connectivity index (χ2n) is 14.2. The summed E-state index contributed by atoms with van der Waals surface area (Å²) < 4.78 is 11.8. The molecule has 2 aromatic carbocycles. The number of benzene rings is 2. The van der Waals surface area contributed by atoms with Gasteiger partial charge in [-0.3, -0.25) is 14.7 Å². The van der Waals surface area contributed by atoms with Crippen molar-refractivity contribution in [3.05, 3.63) is 66.5 Å². The highest BCUT2D eigenvalue weighted by Gasteiger charge is 2.37. The number of piperidine rings is 1. The minimum Gasteiger partial charge on any atom is -0.478 e. The summed E-state index contributed by atoms with van der Waals surface area (Å²) in [6.07, 6.45) is 5.07. The Morgan fingerprint density at radius 3 is 2.29 bits per heavy atom. The largest absolute Gasteiger partial charge is 0.478 e. The van der Waals surface area contributed by atoms with Gasteiger partial charge >= 0.3 is 6.09 Å². The Hall–Kier alpha value is -4.54. The molecule has 258 valence electrons. The zero-order valence-corrected chi connectivity index (χ0v) is 29.2. The Kier molecular flexibility index (Phi) is 10.7. The van der Waals surface area contributed by atoms with E-state index in [2.05, 4.69) is 39.4 Å². The SMILES string of the molecule is CCN(Cc1ccc(-c2cn[nH]c2)cc1)C(=O)[C@@H]1CCCN(c2cccc(OC(C)(C)C(=O)N3CCN(C(=O)OC(C)(C)C)CC3)c2)C1. The van der Waals surface area contributed by atoms with E-state index < -0.39 is 11.2 Å². The van der Waals surface area contributed by atoms with Crippen LogP contribution in [0.1, 0.15) is 59.9 Å². The fourth-order valence-corrected chi connectivity index (χ4v) is 6.33. The van der Waals surface area contributed by atoms with Crippen molar-refractivity contribution >= 4 is 23.6 Å². The highest BCUT2D eigenvalue weighted by molar-refractivity contribution is 5.85. The van der Waals surface area contributed by atoms with Gasteiger partial charge in [0.05, 0.1) is 12.1 Å². The number of ether oxygens (including phenoxy) is 2. The number of hydrogen-bond donors (Lipinski definition) is 1. The Morgan fingerprint density at radius 1 is 0.938 bits per heavy atom. The predicted molar refractivity (Wildman–Crippen MR) is 186 cm³/mol. The summed E-state index contributed by atoms with van der Waals surface area (Å²) in [5.41, 5.74) is 2.51. The lowest BCUT2D eigenvalue weighted by atomic mass is 9.95. The minimum atomic E-state index is -1.11. The molecule has 1 N–H and O–H groups in total. The van der Waals surface area contributed by atoms with Crippen molar-refractivity contribution in [2.75, 3.05) is 50.7 Å². The van der Waals surface area contributed by atoms with Gasteiger partial charge in [0, 0.05) is 75.9 Å². The smallest absolute Gasteiger partial charge is 0.410 e. The summed E-state index contributed by atoms with van der Waals surface area (Å²) in [7, 11) is 0. The maximum atomic E-state index is 13.8. The van der Waals surface area contributed by atoms with Crippen molar-refractivity contribution in [3.8, 4) is 16.9 Å². The van der Waals surface area contributed by atoms with Gasteiger partial charge in [0.1, 0.15) is 11.4 Å². The van der Waals surface area contributed by atoms with E-state index in [4.69, 9.17) is 9.47 Å².